The van der Waals surface area contributed by atoms with Crippen LogP contribution in [0.5, 0.6) is 5.75 Å². The fourth-order valence-electron chi connectivity index (χ4n) is 3.23. The summed E-state index contributed by atoms with van der Waals surface area (Å²) in [6.45, 7) is 1.63. The van der Waals surface area contributed by atoms with Crippen molar-refractivity contribution in [3.05, 3.63) is 29.8 Å². The highest BCUT2D eigenvalue weighted by Crippen LogP contribution is 2.60. The summed E-state index contributed by atoms with van der Waals surface area (Å²) in [7, 11) is 1.23. The Labute approximate surface area is 116 Å². The minimum absolute atomic E-state index is 0.162. The van der Waals surface area contributed by atoms with E-state index < -0.39 is 22.9 Å². The number of ketones is 1. The zero-order valence-corrected chi connectivity index (χ0v) is 11.2. The molecule has 2 aliphatic rings. The average Bonchev–Trinajstić information content (AvgIpc) is 2.47. The number of carbonyl (C=O) groups excluding carboxylic acids is 2. The maximum Gasteiger partial charge on any atom is 0.352 e. The monoisotopic (exact) mass is 271 g/mol. The quantitative estimate of drug-likeness (QED) is 0.727. The van der Waals surface area contributed by atoms with Gasteiger partial charge in [0.2, 0.25) is 5.60 Å². The van der Waals surface area contributed by atoms with Gasteiger partial charge in [-0.3, -0.25) is 4.79 Å². The topological polar surface area (TPSA) is 76.4 Å². The van der Waals surface area contributed by atoms with E-state index in [0.29, 0.717) is 17.7 Å². The van der Waals surface area contributed by atoms with Gasteiger partial charge in [0.1, 0.15) is 11.2 Å². The second-order valence-electron chi connectivity index (χ2n) is 5.39. The molecule has 1 aliphatic carbocycles. The lowest BCUT2D eigenvalue weighted by molar-refractivity contribution is -0.199. The Morgan fingerprint density at radius 3 is 2.85 bits per heavy atom. The van der Waals surface area contributed by atoms with E-state index in [1.807, 2.05) is 0 Å². The third-order valence-corrected chi connectivity index (χ3v) is 4.40. The van der Waals surface area contributed by atoms with Crippen LogP contribution in [0.3, 0.4) is 0 Å². The van der Waals surface area contributed by atoms with Gasteiger partial charge in [-0.05, 0) is 25.5 Å². The van der Waals surface area contributed by atoms with Gasteiger partial charge in [0.25, 0.3) is 0 Å². The van der Waals surface area contributed by atoms with E-state index in [2.05, 4.69) is 6.07 Å². The maximum atomic E-state index is 12.5. The summed E-state index contributed by atoms with van der Waals surface area (Å²) in [5, 5.41) is 9.38. The molecule has 0 spiro atoms. The SMILES string of the molecule is COC(=O)[C@]12Oc3ccccc3C(=O)[C@H]1CC2(C)C#N. The first-order valence-electron chi connectivity index (χ1n) is 6.32. The number of methoxy groups -OCH3 is 1. The number of ether oxygens (including phenoxy) is 2. The highest BCUT2D eigenvalue weighted by molar-refractivity contribution is 6.07. The molecular weight excluding hydrogens is 258 g/mol. The predicted octanol–water partition coefficient (Wildman–Crippen LogP) is 1.72. The first-order chi connectivity index (χ1) is 9.50. The molecule has 3 atom stereocenters. The molecule has 102 valence electrons. The van der Waals surface area contributed by atoms with Crippen molar-refractivity contribution in [3.63, 3.8) is 0 Å². The lowest BCUT2D eigenvalue weighted by Gasteiger charge is -2.57. The minimum atomic E-state index is -1.53. The number of esters is 1. The van der Waals surface area contributed by atoms with Gasteiger partial charge in [-0.15, -0.1) is 0 Å². The van der Waals surface area contributed by atoms with E-state index in [1.54, 1.807) is 31.2 Å². The van der Waals surface area contributed by atoms with Crippen molar-refractivity contribution >= 4 is 11.8 Å². The molecule has 1 aliphatic heterocycles. The summed E-state index contributed by atoms with van der Waals surface area (Å²) in [6, 6.07) is 8.87. The standard InChI is InChI=1S/C15H13NO4/c1-14(8-16)7-10-12(17)9-5-3-4-6-11(9)20-15(10,14)13(18)19-2/h3-6,10H,7H2,1-2H3/t10-,14?,15-/m1/s1. The molecule has 5 nitrogen and oxygen atoms in total. The molecule has 5 heteroatoms. The van der Waals surface area contributed by atoms with Crippen LogP contribution in [-0.4, -0.2) is 24.5 Å². The van der Waals surface area contributed by atoms with Crippen molar-refractivity contribution in [2.75, 3.05) is 7.11 Å². The molecule has 1 fully saturated rings. The molecular formula is C15H13NO4. The number of carbonyl (C=O) groups is 2. The molecule has 1 unspecified atom stereocenters. The Balaban J connectivity index is 2.19. The molecule has 1 aromatic rings. The van der Waals surface area contributed by atoms with Crippen LogP contribution in [0.2, 0.25) is 0 Å². The van der Waals surface area contributed by atoms with Gasteiger partial charge in [0.15, 0.2) is 5.78 Å². The first kappa shape index (κ1) is 12.7. The van der Waals surface area contributed by atoms with E-state index in [-0.39, 0.29) is 5.78 Å². The fraction of sp³-hybridized carbons (Fsp3) is 0.400. The summed E-state index contributed by atoms with van der Waals surface area (Å²) in [6.07, 6.45) is 0.297. The van der Waals surface area contributed by atoms with Crippen molar-refractivity contribution < 1.29 is 19.1 Å². The zero-order valence-electron chi connectivity index (χ0n) is 11.2. The van der Waals surface area contributed by atoms with Crippen LogP contribution < -0.4 is 4.74 Å². The van der Waals surface area contributed by atoms with Crippen molar-refractivity contribution in [1.29, 1.82) is 5.26 Å². The van der Waals surface area contributed by atoms with Gasteiger partial charge in [-0.25, -0.2) is 4.79 Å². The van der Waals surface area contributed by atoms with Crippen molar-refractivity contribution in [2.24, 2.45) is 11.3 Å². The van der Waals surface area contributed by atoms with Crippen molar-refractivity contribution in [2.45, 2.75) is 18.9 Å². The molecule has 0 radical (unpaired) electrons. The Bertz CT molecular complexity index is 662. The van der Waals surface area contributed by atoms with Crippen LogP contribution in [0.25, 0.3) is 0 Å². The van der Waals surface area contributed by atoms with Crippen LogP contribution in [0.1, 0.15) is 23.7 Å². The highest BCUT2D eigenvalue weighted by Gasteiger charge is 2.75. The molecule has 0 N–H and O–H groups in total. The van der Waals surface area contributed by atoms with Gasteiger partial charge in [0.05, 0.1) is 24.7 Å². The Morgan fingerprint density at radius 1 is 1.50 bits per heavy atom. The third-order valence-electron chi connectivity index (χ3n) is 4.40. The molecule has 20 heavy (non-hydrogen) atoms. The number of nitrogens with zero attached hydrogens (tertiary/aromatic N) is 1. The smallest absolute Gasteiger partial charge is 0.352 e. The number of fused-ring (bicyclic) bond motifs is 2. The molecule has 1 aromatic carbocycles. The Kier molecular flexibility index (Phi) is 2.42. The van der Waals surface area contributed by atoms with E-state index in [9.17, 15) is 14.9 Å². The molecule has 0 bridgehead atoms. The first-order valence-corrected chi connectivity index (χ1v) is 6.32. The van der Waals surface area contributed by atoms with Crippen LogP contribution in [0.4, 0.5) is 0 Å². The molecule has 3 rings (SSSR count). The number of hydrogen-bond donors (Lipinski definition) is 0. The van der Waals surface area contributed by atoms with E-state index in [0.717, 1.165) is 0 Å². The second kappa shape index (κ2) is 3.83. The van der Waals surface area contributed by atoms with E-state index >= 15 is 0 Å². The summed E-state index contributed by atoms with van der Waals surface area (Å²) in [5.74, 6) is -1.15. The Hall–Kier alpha value is -2.35. The van der Waals surface area contributed by atoms with Crippen molar-refractivity contribution in [3.8, 4) is 11.8 Å². The Morgan fingerprint density at radius 2 is 2.20 bits per heavy atom. The maximum absolute atomic E-state index is 12.5. The summed E-state index contributed by atoms with van der Waals surface area (Å²) >= 11 is 0. The van der Waals surface area contributed by atoms with Gasteiger partial charge in [0, 0.05) is 0 Å². The molecule has 0 amide bonds. The fourth-order valence-corrected chi connectivity index (χ4v) is 3.23. The number of nitriles is 1. The highest BCUT2D eigenvalue weighted by atomic mass is 16.6. The lowest BCUT2D eigenvalue weighted by Crippen LogP contribution is -2.73. The molecule has 1 heterocycles. The summed E-state index contributed by atoms with van der Waals surface area (Å²) in [4.78, 5) is 24.7. The molecule has 0 saturated heterocycles. The lowest BCUT2D eigenvalue weighted by atomic mass is 9.49. The van der Waals surface area contributed by atoms with Crippen LogP contribution in [0.15, 0.2) is 24.3 Å². The van der Waals surface area contributed by atoms with Crippen LogP contribution >= 0.6 is 0 Å². The van der Waals surface area contributed by atoms with Crippen LogP contribution in [-0.2, 0) is 9.53 Å². The molecule has 1 saturated carbocycles. The van der Waals surface area contributed by atoms with Gasteiger partial charge in [-0.1, -0.05) is 12.1 Å². The average molecular weight is 271 g/mol. The number of benzene rings is 1. The van der Waals surface area contributed by atoms with Gasteiger partial charge < -0.3 is 9.47 Å². The van der Waals surface area contributed by atoms with Crippen LogP contribution in [0, 0.1) is 22.7 Å². The number of Topliss-reactive ketones (excluding diaryl/α,β-unsaturated/α-hetero) is 1. The largest absolute Gasteiger partial charge is 0.472 e. The number of hydrogen-bond acceptors (Lipinski definition) is 5. The number of para-hydroxylation sites is 1. The third kappa shape index (κ3) is 1.21. The minimum Gasteiger partial charge on any atom is -0.472 e. The van der Waals surface area contributed by atoms with Crippen molar-refractivity contribution in [1.82, 2.24) is 0 Å². The second-order valence-corrected chi connectivity index (χ2v) is 5.39. The zero-order chi connectivity index (χ0) is 14.5. The summed E-state index contributed by atoms with van der Waals surface area (Å²) < 4.78 is 10.6. The normalized spacial score (nSPS) is 33.9. The van der Waals surface area contributed by atoms with E-state index in [4.69, 9.17) is 9.47 Å². The predicted molar refractivity (Wildman–Crippen MR) is 68.0 cm³/mol. The van der Waals surface area contributed by atoms with Gasteiger partial charge >= 0.3 is 5.97 Å². The molecule has 0 aromatic heterocycles. The van der Waals surface area contributed by atoms with Gasteiger partial charge in [-0.2, -0.15) is 5.26 Å². The summed E-state index contributed by atoms with van der Waals surface area (Å²) in [5.41, 5.74) is -2.13. The number of rotatable bonds is 1. The van der Waals surface area contributed by atoms with E-state index in [1.165, 1.54) is 7.11 Å².